The Morgan fingerprint density at radius 2 is 1.78 bits per heavy atom. The SMILES string of the molecule is CCOC(=O)C1=C(C)N=c2s/c(=C\c3cc(Cl)cc(Br)c3OCc3cccc4ccccc34)c(=O)n2[C@H]1c1ccc(OCC)cc1. The van der Waals surface area contributed by atoms with Gasteiger partial charge in [-0.05, 0) is 88.9 Å². The third-order valence-corrected chi connectivity index (χ3v) is 9.39. The van der Waals surface area contributed by atoms with Gasteiger partial charge in [-0.1, -0.05) is 77.5 Å². The number of ether oxygens (including phenoxy) is 3. The molecule has 0 saturated heterocycles. The van der Waals surface area contributed by atoms with E-state index in [9.17, 15) is 9.59 Å². The largest absolute Gasteiger partial charge is 0.494 e. The van der Waals surface area contributed by atoms with E-state index in [1.54, 1.807) is 36.6 Å². The molecular weight excluding hydrogens is 688 g/mol. The average Bonchev–Trinajstić information content (AvgIpc) is 3.34. The van der Waals surface area contributed by atoms with Gasteiger partial charge < -0.3 is 14.2 Å². The summed E-state index contributed by atoms with van der Waals surface area (Å²) < 4.78 is 20.1. The molecule has 0 spiro atoms. The van der Waals surface area contributed by atoms with Gasteiger partial charge in [0.2, 0.25) is 0 Å². The molecule has 234 valence electrons. The normalized spacial score (nSPS) is 14.6. The number of aromatic nitrogens is 1. The van der Waals surface area contributed by atoms with E-state index in [4.69, 9.17) is 25.8 Å². The number of carbonyl (C=O) groups excluding carboxylic acids is 1. The summed E-state index contributed by atoms with van der Waals surface area (Å²) in [5.74, 6) is 0.731. The van der Waals surface area contributed by atoms with E-state index in [-0.39, 0.29) is 12.2 Å². The summed E-state index contributed by atoms with van der Waals surface area (Å²) in [7, 11) is 0. The Balaban J connectivity index is 1.45. The number of halogens is 2. The van der Waals surface area contributed by atoms with Crippen molar-refractivity contribution in [3.63, 3.8) is 0 Å². The molecule has 2 heterocycles. The number of benzene rings is 4. The van der Waals surface area contributed by atoms with Crippen molar-refractivity contribution in [2.24, 2.45) is 4.99 Å². The molecule has 0 saturated carbocycles. The van der Waals surface area contributed by atoms with Crippen LogP contribution in [0, 0.1) is 0 Å². The molecule has 0 N–H and O–H groups in total. The minimum absolute atomic E-state index is 0.196. The minimum Gasteiger partial charge on any atom is -0.494 e. The number of esters is 1. The summed E-state index contributed by atoms with van der Waals surface area (Å²) in [6, 6.07) is 24.4. The number of nitrogens with zero attached hydrogens (tertiary/aromatic N) is 2. The molecule has 1 atom stereocenters. The van der Waals surface area contributed by atoms with E-state index in [2.05, 4.69) is 39.1 Å². The van der Waals surface area contributed by atoms with Crippen molar-refractivity contribution in [3.05, 3.63) is 136 Å². The van der Waals surface area contributed by atoms with Gasteiger partial charge in [-0.3, -0.25) is 9.36 Å². The van der Waals surface area contributed by atoms with Crippen molar-refractivity contribution in [2.45, 2.75) is 33.4 Å². The van der Waals surface area contributed by atoms with Gasteiger partial charge in [0.25, 0.3) is 5.56 Å². The zero-order valence-corrected chi connectivity index (χ0v) is 28.5. The fourth-order valence-electron chi connectivity index (χ4n) is 5.57. The molecule has 1 aliphatic rings. The third-order valence-electron chi connectivity index (χ3n) is 7.60. The van der Waals surface area contributed by atoms with Crippen LogP contribution in [0.3, 0.4) is 0 Å². The maximum Gasteiger partial charge on any atom is 0.338 e. The molecular formula is C36H30BrClN2O5S. The summed E-state index contributed by atoms with van der Waals surface area (Å²) in [5.41, 5.74) is 2.90. The quantitative estimate of drug-likeness (QED) is 0.149. The van der Waals surface area contributed by atoms with Crippen LogP contribution in [0.5, 0.6) is 11.5 Å². The first-order valence-corrected chi connectivity index (χ1v) is 16.8. The van der Waals surface area contributed by atoms with E-state index >= 15 is 0 Å². The molecule has 0 aliphatic carbocycles. The van der Waals surface area contributed by atoms with Gasteiger partial charge in [0.15, 0.2) is 4.80 Å². The molecule has 6 rings (SSSR count). The molecule has 0 amide bonds. The smallest absolute Gasteiger partial charge is 0.338 e. The molecule has 4 aromatic carbocycles. The highest BCUT2D eigenvalue weighted by Gasteiger charge is 2.33. The van der Waals surface area contributed by atoms with E-state index in [1.807, 2.05) is 55.5 Å². The van der Waals surface area contributed by atoms with Crippen molar-refractivity contribution in [3.8, 4) is 11.5 Å². The summed E-state index contributed by atoms with van der Waals surface area (Å²) in [6.07, 6.45) is 1.76. The summed E-state index contributed by atoms with van der Waals surface area (Å²) in [5, 5.41) is 2.71. The van der Waals surface area contributed by atoms with E-state index < -0.39 is 12.0 Å². The minimum atomic E-state index is -0.735. The molecule has 1 aromatic heterocycles. The van der Waals surface area contributed by atoms with E-state index in [0.29, 0.717) is 60.4 Å². The maximum atomic E-state index is 14.2. The third kappa shape index (κ3) is 6.27. The van der Waals surface area contributed by atoms with Crippen LogP contribution in [-0.2, 0) is 16.1 Å². The molecule has 0 fully saturated rings. The summed E-state index contributed by atoms with van der Waals surface area (Å²) in [6.45, 7) is 6.45. The van der Waals surface area contributed by atoms with Gasteiger partial charge in [0.1, 0.15) is 18.1 Å². The number of fused-ring (bicyclic) bond motifs is 2. The fraction of sp³-hybridized carbons (Fsp3) is 0.194. The van der Waals surface area contributed by atoms with Crippen LogP contribution in [0.25, 0.3) is 16.8 Å². The first kappa shape index (κ1) is 31.8. The predicted octanol–water partition coefficient (Wildman–Crippen LogP) is 7.35. The number of hydrogen-bond acceptors (Lipinski definition) is 7. The zero-order chi connectivity index (χ0) is 32.4. The first-order chi connectivity index (χ1) is 22.3. The first-order valence-electron chi connectivity index (χ1n) is 14.8. The second kappa shape index (κ2) is 13.7. The Kier molecular flexibility index (Phi) is 9.44. The van der Waals surface area contributed by atoms with Gasteiger partial charge >= 0.3 is 5.97 Å². The fourth-order valence-corrected chi connectivity index (χ4v) is 7.56. The highest BCUT2D eigenvalue weighted by molar-refractivity contribution is 9.10. The maximum absolute atomic E-state index is 14.2. The number of rotatable bonds is 9. The number of allylic oxidation sites excluding steroid dienone is 1. The Labute approximate surface area is 283 Å². The molecule has 7 nitrogen and oxygen atoms in total. The second-order valence-electron chi connectivity index (χ2n) is 10.5. The van der Waals surface area contributed by atoms with Crippen LogP contribution >= 0.6 is 38.9 Å². The lowest BCUT2D eigenvalue weighted by Crippen LogP contribution is -2.39. The molecule has 0 unspecified atom stereocenters. The number of carbonyl (C=O) groups is 1. The Morgan fingerprint density at radius 3 is 2.54 bits per heavy atom. The van der Waals surface area contributed by atoms with Crippen molar-refractivity contribution >= 4 is 61.7 Å². The van der Waals surface area contributed by atoms with Crippen LogP contribution < -0.4 is 24.4 Å². The lowest BCUT2D eigenvalue weighted by atomic mass is 9.96. The topological polar surface area (TPSA) is 79.1 Å². The van der Waals surface area contributed by atoms with Gasteiger partial charge in [-0.25, -0.2) is 9.79 Å². The molecule has 10 heteroatoms. The van der Waals surface area contributed by atoms with Crippen molar-refractivity contribution in [2.75, 3.05) is 13.2 Å². The zero-order valence-electron chi connectivity index (χ0n) is 25.4. The Bertz CT molecular complexity index is 2170. The predicted molar refractivity (Wildman–Crippen MR) is 185 cm³/mol. The van der Waals surface area contributed by atoms with Crippen LogP contribution in [-0.4, -0.2) is 23.8 Å². The molecule has 1 aliphatic heterocycles. The van der Waals surface area contributed by atoms with Crippen molar-refractivity contribution in [1.82, 2.24) is 4.57 Å². The van der Waals surface area contributed by atoms with Gasteiger partial charge in [0.05, 0.1) is 39.5 Å². The Morgan fingerprint density at radius 1 is 1.02 bits per heavy atom. The van der Waals surface area contributed by atoms with E-state index in [1.165, 1.54) is 11.3 Å². The number of thiazole rings is 1. The monoisotopic (exact) mass is 716 g/mol. The Hall–Kier alpha value is -4.18. The van der Waals surface area contributed by atoms with Gasteiger partial charge in [-0.15, -0.1) is 0 Å². The second-order valence-corrected chi connectivity index (χ2v) is 12.8. The van der Waals surface area contributed by atoms with Crippen LogP contribution in [0.2, 0.25) is 5.02 Å². The highest BCUT2D eigenvalue weighted by atomic mass is 79.9. The molecule has 46 heavy (non-hydrogen) atoms. The van der Waals surface area contributed by atoms with Crippen LogP contribution in [0.4, 0.5) is 0 Å². The van der Waals surface area contributed by atoms with Crippen molar-refractivity contribution in [1.29, 1.82) is 0 Å². The van der Waals surface area contributed by atoms with Gasteiger partial charge in [0, 0.05) is 10.6 Å². The average molecular weight is 718 g/mol. The highest BCUT2D eigenvalue weighted by Crippen LogP contribution is 2.35. The van der Waals surface area contributed by atoms with Crippen LogP contribution in [0.1, 0.15) is 43.5 Å². The summed E-state index contributed by atoms with van der Waals surface area (Å²) >= 11 is 11.3. The van der Waals surface area contributed by atoms with Crippen LogP contribution in [0.15, 0.2) is 104 Å². The standard InChI is InChI=1S/C36H30BrClN2O5S/c1-4-43-27-15-13-23(14-16-27)32-31(35(42)44-5-2)21(3)39-36-40(32)34(41)30(46-36)18-25-17-26(38)19-29(37)33(25)45-20-24-11-8-10-22-9-6-7-12-28(22)24/h6-19,32H,4-5,20H2,1-3H3/b30-18-/t32-/m0/s1. The molecule has 5 aromatic rings. The lowest BCUT2D eigenvalue weighted by Gasteiger charge is -2.24. The number of hydrogen-bond donors (Lipinski definition) is 0. The van der Waals surface area contributed by atoms with Gasteiger partial charge in [-0.2, -0.15) is 0 Å². The van der Waals surface area contributed by atoms with Crippen molar-refractivity contribution < 1.29 is 19.0 Å². The molecule has 0 radical (unpaired) electrons. The summed E-state index contributed by atoms with van der Waals surface area (Å²) in [4.78, 5) is 32.6. The lowest BCUT2D eigenvalue weighted by molar-refractivity contribution is -0.139. The molecule has 0 bridgehead atoms. The van der Waals surface area contributed by atoms with E-state index in [0.717, 1.165) is 21.9 Å².